The Bertz CT molecular complexity index is 679. The van der Waals surface area contributed by atoms with Crippen molar-refractivity contribution in [3.63, 3.8) is 0 Å². The Morgan fingerprint density at radius 2 is 1.83 bits per heavy atom. The number of rotatable bonds is 7. The summed E-state index contributed by atoms with van der Waals surface area (Å²) in [6, 6.07) is 13.8. The standard InChI is InChI=1S/C20H26N2O2/c1-14(2)18-7-5-6-15(3)20(18)22-19(23)12-13-21-16-8-10-17(24-4)11-9-16/h5-11,14,21H,12-13H2,1-4H3,(H,22,23). The Morgan fingerprint density at radius 1 is 1.12 bits per heavy atom. The molecule has 2 aromatic rings. The molecule has 4 nitrogen and oxygen atoms in total. The summed E-state index contributed by atoms with van der Waals surface area (Å²) in [5.41, 5.74) is 4.19. The molecular weight excluding hydrogens is 300 g/mol. The van der Waals surface area contributed by atoms with Gasteiger partial charge in [0.1, 0.15) is 5.75 Å². The van der Waals surface area contributed by atoms with Crippen LogP contribution < -0.4 is 15.4 Å². The molecule has 0 radical (unpaired) electrons. The Morgan fingerprint density at radius 3 is 2.46 bits per heavy atom. The lowest BCUT2D eigenvalue weighted by molar-refractivity contribution is -0.115. The van der Waals surface area contributed by atoms with Crippen LogP contribution in [-0.4, -0.2) is 19.6 Å². The highest BCUT2D eigenvalue weighted by atomic mass is 16.5. The van der Waals surface area contributed by atoms with E-state index >= 15 is 0 Å². The third-order valence-corrected chi connectivity index (χ3v) is 3.96. The number of hydrogen-bond donors (Lipinski definition) is 2. The number of hydrogen-bond acceptors (Lipinski definition) is 3. The summed E-state index contributed by atoms with van der Waals surface area (Å²) in [7, 11) is 1.64. The molecule has 2 N–H and O–H groups in total. The van der Waals surface area contributed by atoms with Crippen molar-refractivity contribution in [3.8, 4) is 5.75 Å². The van der Waals surface area contributed by atoms with Crippen molar-refractivity contribution in [3.05, 3.63) is 53.6 Å². The molecule has 0 aliphatic carbocycles. The zero-order chi connectivity index (χ0) is 17.5. The highest BCUT2D eigenvalue weighted by Crippen LogP contribution is 2.27. The predicted molar refractivity (Wildman–Crippen MR) is 100.0 cm³/mol. The van der Waals surface area contributed by atoms with Gasteiger partial charge >= 0.3 is 0 Å². The molecular formula is C20H26N2O2. The van der Waals surface area contributed by atoms with Gasteiger partial charge in [-0.3, -0.25) is 4.79 Å². The van der Waals surface area contributed by atoms with E-state index < -0.39 is 0 Å². The van der Waals surface area contributed by atoms with Gasteiger partial charge in [-0.25, -0.2) is 0 Å². The summed E-state index contributed by atoms with van der Waals surface area (Å²) in [6.45, 7) is 6.88. The minimum atomic E-state index is 0.0206. The second kappa shape index (κ2) is 8.39. The average Bonchev–Trinajstić information content (AvgIpc) is 2.57. The van der Waals surface area contributed by atoms with E-state index in [0.29, 0.717) is 18.9 Å². The van der Waals surface area contributed by atoms with E-state index in [1.165, 1.54) is 5.56 Å². The number of nitrogens with one attached hydrogen (secondary N) is 2. The van der Waals surface area contributed by atoms with Crippen LogP contribution in [0.5, 0.6) is 5.75 Å². The summed E-state index contributed by atoms with van der Waals surface area (Å²) < 4.78 is 5.13. The highest BCUT2D eigenvalue weighted by Gasteiger charge is 2.11. The molecule has 0 fully saturated rings. The van der Waals surface area contributed by atoms with Gasteiger partial charge in [0.2, 0.25) is 5.91 Å². The van der Waals surface area contributed by atoms with Gasteiger partial charge in [-0.1, -0.05) is 32.0 Å². The van der Waals surface area contributed by atoms with Gasteiger partial charge in [0, 0.05) is 24.3 Å². The zero-order valence-electron chi connectivity index (χ0n) is 14.8. The summed E-state index contributed by atoms with van der Waals surface area (Å²) >= 11 is 0. The SMILES string of the molecule is COc1ccc(NCCC(=O)Nc2c(C)cccc2C(C)C)cc1. The van der Waals surface area contributed by atoms with Gasteiger partial charge in [-0.05, 0) is 48.2 Å². The average molecular weight is 326 g/mol. The number of aryl methyl sites for hydroxylation is 1. The largest absolute Gasteiger partial charge is 0.497 e. The molecule has 0 unspecified atom stereocenters. The van der Waals surface area contributed by atoms with Gasteiger partial charge < -0.3 is 15.4 Å². The maximum Gasteiger partial charge on any atom is 0.226 e. The lowest BCUT2D eigenvalue weighted by Crippen LogP contribution is -2.18. The van der Waals surface area contributed by atoms with Crippen LogP contribution in [-0.2, 0) is 4.79 Å². The molecule has 0 aliphatic heterocycles. The number of carbonyl (C=O) groups excluding carboxylic acids is 1. The van der Waals surface area contributed by atoms with Gasteiger partial charge in [-0.2, -0.15) is 0 Å². The lowest BCUT2D eigenvalue weighted by atomic mass is 9.98. The second-order valence-electron chi connectivity index (χ2n) is 6.15. The Hall–Kier alpha value is -2.49. The van der Waals surface area contributed by atoms with E-state index in [9.17, 15) is 4.79 Å². The molecule has 2 aromatic carbocycles. The van der Waals surface area contributed by atoms with E-state index in [1.807, 2.05) is 43.3 Å². The van der Waals surface area contributed by atoms with E-state index in [4.69, 9.17) is 4.74 Å². The van der Waals surface area contributed by atoms with E-state index in [-0.39, 0.29) is 5.91 Å². The Labute approximate surface area is 144 Å². The van der Waals surface area contributed by atoms with Crippen LogP contribution in [0.1, 0.15) is 37.3 Å². The number of carbonyl (C=O) groups is 1. The van der Waals surface area contributed by atoms with Crippen molar-refractivity contribution < 1.29 is 9.53 Å². The van der Waals surface area contributed by atoms with Crippen molar-refractivity contribution >= 4 is 17.3 Å². The third kappa shape index (κ3) is 4.75. The quantitative estimate of drug-likeness (QED) is 0.784. The zero-order valence-corrected chi connectivity index (χ0v) is 14.8. The molecule has 0 saturated heterocycles. The van der Waals surface area contributed by atoms with Crippen LogP contribution >= 0.6 is 0 Å². The van der Waals surface area contributed by atoms with E-state index in [1.54, 1.807) is 7.11 Å². The normalized spacial score (nSPS) is 10.5. The van der Waals surface area contributed by atoms with Crippen LogP contribution in [0.15, 0.2) is 42.5 Å². The summed E-state index contributed by atoms with van der Waals surface area (Å²) in [4.78, 5) is 12.3. The summed E-state index contributed by atoms with van der Waals surface area (Å²) in [6.07, 6.45) is 0.415. The third-order valence-electron chi connectivity index (χ3n) is 3.96. The minimum absolute atomic E-state index is 0.0206. The molecule has 128 valence electrons. The molecule has 0 aromatic heterocycles. The molecule has 0 bridgehead atoms. The van der Waals surface area contributed by atoms with Gasteiger partial charge in [0.15, 0.2) is 0 Å². The molecule has 0 saturated carbocycles. The van der Waals surface area contributed by atoms with Crippen LogP contribution in [0.25, 0.3) is 0 Å². The van der Waals surface area contributed by atoms with Crippen LogP contribution in [0.3, 0.4) is 0 Å². The Kier molecular flexibility index (Phi) is 6.24. The first kappa shape index (κ1) is 17.9. The topological polar surface area (TPSA) is 50.4 Å². The van der Waals surface area contributed by atoms with E-state index in [0.717, 1.165) is 22.7 Å². The minimum Gasteiger partial charge on any atom is -0.497 e. The first-order valence-electron chi connectivity index (χ1n) is 8.28. The molecule has 0 heterocycles. The smallest absolute Gasteiger partial charge is 0.226 e. The monoisotopic (exact) mass is 326 g/mol. The molecule has 1 amide bonds. The molecule has 24 heavy (non-hydrogen) atoms. The van der Waals surface area contributed by atoms with Crippen molar-refractivity contribution in [2.24, 2.45) is 0 Å². The number of methoxy groups -OCH3 is 1. The Balaban J connectivity index is 1.89. The molecule has 0 aliphatic rings. The van der Waals surface area contributed by atoms with Crippen molar-refractivity contribution in [1.82, 2.24) is 0 Å². The van der Waals surface area contributed by atoms with Crippen LogP contribution in [0, 0.1) is 6.92 Å². The highest BCUT2D eigenvalue weighted by molar-refractivity contribution is 5.92. The second-order valence-corrected chi connectivity index (χ2v) is 6.15. The number of amides is 1. The maximum atomic E-state index is 12.3. The number of benzene rings is 2. The molecule has 4 heteroatoms. The molecule has 2 rings (SSSR count). The van der Waals surface area contributed by atoms with Gasteiger partial charge in [0.25, 0.3) is 0 Å². The van der Waals surface area contributed by atoms with Crippen LogP contribution in [0.2, 0.25) is 0 Å². The fraction of sp³-hybridized carbons (Fsp3) is 0.350. The summed E-state index contributed by atoms with van der Waals surface area (Å²) in [5.74, 6) is 1.21. The number of anilines is 2. The fourth-order valence-corrected chi connectivity index (χ4v) is 2.57. The number of para-hydroxylation sites is 1. The first-order chi connectivity index (χ1) is 11.5. The van der Waals surface area contributed by atoms with Crippen molar-refractivity contribution in [1.29, 1.82) is 0 Å². The predicted octanol–water partition coefficient (Wildman–Crippen LogP) is 4.57. The molecule has 0 atom stereocenters. The number of ether oxygens (including phenoxy) is 1. The van der Waals surface area contributed by atoms with Crippen molar-refractivity contribution in [2.45, 2.75) is 33.1 Å². The maximum absolute atomic E-state index is 12.3. The fourth-order valence-electron chi connectivity index (χ4n) is 2.57. The van der Waals surface area contributed by atoms with Gasteiger partial charge in [0.05, 0.1) is 7.11 Å². The first-order valence-corrected chi connectivity index (χ1v) is 8.28. The van der Waals surface area contributed by atoms with E-state index in [2.05, 4.69) is 30.5 Å². The van der Waals surface area contributed by atoms with Crippen molar-refractivity contribution in [2.75, 3.05) is 24.3 Å². The van der Waals surface area contributed by atoms with Gasteiger partial charge in [-0.15, -0.1) is 0 Å². The lowest BCUT2D eigenvalue weighted by Gasteiger charge is -2.16. The molecule has 0 spiro atoms. The van der Waals surface area contributed by atoms with Crippen LogP contribution in [0.4, 0.5) is 11.4 Å². The summed E-state index contributed by atoms with van der Waals surface area (Å²) in [5, 5.41) is 6.31.